The first-order chi connectivity index (χ1) is 18.1. The van der Waals surface area contributed by atoms with Gasteiger partial charge in [-0.3, -0.25) is 9.59 Å². The van der Waals surface area contributed by atoms with Gasteiger partial charge in [-0.1, -0.05) is 18.2 Å². The molecule has 8 nitrogen and oxygen atoms in total. The van der Waals surface area contributed by atoms with Gasteiger partial charge in [-0.25, -0.2) is 4.98 Å². The SMILES string of the molecule is COc1ccc(CCn2ccc3nc4ccn(Cc5ccc6c(c5)OCCO6)c(=O)c4cc3c2=O)cc1. The molecule has 2 aromatic carbocycles. The fraction of sp³-hybridized carbons (Fsp3) is 0.207. The Balaban J connectivity index is 1.31. The number of pyridine rings is 3. The molecule has 1 aliphatic rings. The number of benzene rings is 2. The van der Waals surface area contributed by atoms with Gasteiger partial charge in [-0.05, 0) is 60.0 Å². The largest absolute Gasteiger partial charge is 0.497 e. The van der Waals surface area contributed by atoms with Gasteiger partial charge < -0.3 is 23.3 Å². The number of aryl methyl sites for hydroxylation is 2. The summed E-state index contributed by atoms with van der Waals surface area (Å²) in [4.78, 5) is 31.3. The van der Waals surface area contributed by atoms with Crippen LogP contribution in [0.15, 0.2) is 82.6 Å². The fourth-order valence-corrected chi connectivity index (χ4v) is 4.63. The van der Waals surface area contributed by atoms with Crippen LogP contribution in [0.25, 0.3) is 21.8 Å². The van der Waals surface area contributed by atoms with Crippen LogP contribution >= 0.6 is 0 Å². The predicted molar refractivity (Wildman–Crippen MR) is 141 cm³/mol. The third-order valence-corrected chi connectivity index (χ3v) is 6.65. The highest BCUT2D eigenvalue weighted by Gasteiger charge is 2.14. The van der Waals surface area contributed by atoms with Crippen molar-refractivity contribution in [2.75, 3.05) is 20.3 Å². The molecule has 37 heavy (non-hydrogen) atoms. The van der Waals surface area contributed by atoms with Crippen LogP contribution in [0.1, 0.15) is 11.1 Å². The summed E-state index contributed by atoms with van der Waals surface area (Å²) in [7, 11) is 1.63. The van der Waals surface area contributed by atoms with Crippen molar-refractivity contribution in [3.8, 4) is 17.2 Å². The molecule has 0 N–H and O–H groups in total. The highest BCUT2D eigenvalue weighted by atomic mass is 16.6. The minimum atomic E-state index is -0.199. The first-order valence-corrected chi connectivity index (χ1v) is 12.1. The average molecular weight is 496 g/mol. The quantitative estimate of drug-likeness (QED) is 0.334. The molecule has 0 fully saturated rings. The van der Waals surface area contributed by atoms with Crippen molar-refractivity contribution in [3.63, 3.8) is 0 Å². The van der Waals surface area contributed by atoms with E-state index in [1.54, 1.807) is 34.7 Å². The molecule has 4 heterocycles. The third kappa shape index (κ3) is 4.42. The summed E-state index contributed by atoms with van der Waals surface area (Å²) in [6.07, 6.45) is 4.19. The molecule has 0 amide bonds. The van der Waals surface area contributed by atoms with Crippen LogP contribution in [0.3, 0.4) is 0 Å². The highest BCUT2D eigenvalue weighted by Crippen LogP contribution is 2.31. The van der Waals surface area contributed by atoms with E-state index in [0.717, 1.165) is 16.9 Å². The lowest BCUT2D eigenvalue weighted by molar-refractivity contribution is 0.171. The van der Waals surface area contributed by atoms with Crippen molar-refractivity contribution in [2.45, 2.75) is 19.5 Å². The van der Waals surface area contributed by atoms with Crippen molar-refractivity contribution < 1.29 is 14.2 Å². The Labute approximate surface area is 212 Å². The van der Waals surface area contributed by atoms with Crippen molar-refractivity contribution in [1.29, 1.82) is 0 Å². The topological polar surface area (TPSA) is 84.6 Å². The van der Waals surface area contributed by atoms with Crippen LogP contribution in [-0.2, 0) is 19.5 Å². The van der Waals surface area contributed by atoms with E-state index in [4.69, 9.17) is 14.2 Å². The van der Waals surface area contributed by atoms with Gasteiger partial charge >= 0.3 is 0 Å². The molecule has 0 spiro atoms. The lowest BCUT2D eigenvalue weighted by Crippen LogP contribution is -2.23. The maximum atomic E-state index is 13.4. The summed E-state index contributed by atoms with van der Waals surface area (Å²) in [6, 6.07) is 18.8. The highest BCUT2D eigenvalue weighted by molar-refractivity contribution is 5.91. The fourth-order valence-electron chi connectivity index (χ4n) is 4.63. The molecule has 8 heteroatoms. The summed E-state index contributed by atoms with van der Waals surface area (Å²) in [5, 5.41) is 0.844. The second kappa shape index (κ2) is 9.46. The number of nitrogens with zero attached hydrogens (tertiary/aromatic N) is 3. The molecule has 0 radical (unpaired) electrons. The van der Waals surface area contributed by atoms with E-state index < -0.39 is 0 Å². The van der Waals surface area contributed by atoms with E-state index in [1.165, 1.54) is 0 Å². The van der Waals surface area contributed by atoms with E-state index in [9.17, 15) is 9.59 Å². The molecule has 0 bridgehead atoms. The molecule has 0 saturated carbocycles. The van der Waals surface area contributed by atoms with Gasteiger partial charge in [-0.15, -0.1) is 0 Å². The second-order valence-corrected chi connectivity index (χ2v) is 8.99. The van der Waals surface area contributed by atoms with Crippen molar-refractivity contribution in [3.05, 3.63) is 105 Å². The summed E-state index contributed by atoms with van der Waals surface area (Å²) in [6.45, 7) is 1.91. The number of aromatic nitrogens is 3. The molecule has 186 valence electrons. The van der Waals surface area contributed by atoms with Gasteiger partial charge in [-0.2, -0.15) is 0 Å². The minimum Gasteiger partial charge on any atom is -0.497 e. The normalized spacial score (nSPS) is 12.7. The third-order valence-electron chi connectivity index (χ3n) is 6.65. The van der Waals surface area contributed by atoms with Crippen molar-refractivity contribution in [2.24, 2.45) is 0 Å². The van der Waals surface area contributed by atoms with Crippen LogP contribution in [0, 0.1) is 0 Å². The molecule has 0 unspecified atom stereocenters. The average Bonchev–Trinajstić information content (AvgIpc) is 2.94. The van der Waals surface area contributed by atoms with E-state index in [-0.39, 0.29) is 11.1 Å². The Hall–Kier alpha value is -4.59. The molecule has 5 aromatic rings. The zero-order valence-corrected chi connectivity index (χ0v) is 20.3. The lowest BCUT2D eigenvalue weighted by atomic mass is 10.1. The molecular formula is C29H25N3O5. The number of rotatable bonds is 6. The maximum absolute atomic E-state index is 13.4. The van der Waals surface area contributed by atoms with Gasteiger partial charge in [0.05, 0.1) is 35.5 Å². The van der Waals surface area contributed by atoms with Gasteiger partial charge in [0, 0.05) is 18.9 Å². The van der Waals surface area contributed by atoms with Crippen LogP contribution < -0.4 is 25.3 Å². The monoisotopic (exact) mass is 495 g/mol. The molecular weight excluding hydrogens is 470 g/mol. The van der Waals surface area contributed by atoms with Gasteiger partial charge in [0.25, 0.3) is 11.1 Å². The molecule has 0 atom stereocenters. The van der Waals surface area contributed by atoms with E-state index in [0.29, 0.717) is 66.0 Å². The van der Waals surface area contributed by atoms with E-state index in [1.807, 2.05) is 54.6 Å². The van der Waals surface area contributed by atoms with Gasteiger partial charge in [0.15, 0.2) is 11.5 Å². The second-order valence-electron chi connectivity index (χ2n) is 8.99. The molecule has 1 aliphatic heterocycles. The van der Waals surface area contributed by atoms with Crippen LogP contribution in [0.5, 0.6) is 17.2 Å². The number of ether oxygens (including phenoxy) is 3. The number of methoxy groups -OCH3 is 1. The van der Waals surface area contributed by atoms with Gasteiger partial charge in [0.2, 0.25) is 0 Å². The van der Waals surface area contributed by atoms with Gasteiger partial charge in [0.1, 0.15) is 19.0 Å². The Bertz CT molecular complexity index is 1740. The Kier molecular flexibility index (Phi) is 5.84. The minimum absolute atomic E-state index is 0.165. The standard InChI is InChI=1S/C29H25N3O5/c1-35-21-5-2-19(3-6-21)8-11-31-12-9-24-22(28(31)33)17-23-25(30-24)10-13-32(29(23)34)18-20-4-7-26-27(16-20)37-15-14-36-26/h2-7,9-10,12-13,16-17H,8,11,14-15,18H2,1H3. The van der Waals surface area contributed by atoms with Crippen LogP contribution in [-0.4, -0.2) is 34.4 Å². The number of fused-ring (bicyclic) bond motifs is 3. The first kappa shape index (κ1) is 22.8. The van der Waals surface area contributed by atoms with Crippen molar-refractivity contribution in [1.82, 2.24) is 14.1 Å². The predicted octanol–water partition coefficient (Wildman–Crippen LogP) is 3.78. The summed E-state index contributed by atoms with van der Waals surface area (Å²) in [5.41, 5.74) is 2.79. The summed E-state index contributed by atoms with van der Waals surface area (Å²) >= 11 is 0. The molecule has 0 saturated heterocycles. The first-order valence-electron chi connectivity index (χ1n) is 12.1. The number of hydrogen-bond acceptors (Lipinski definition) is 6. The van der Waals surface area contributed by atoms with Crippen LogP contribution in [0.4, 0.5) is 0 Å². The zero-order valence-electron chi connectivity index (χ0n) is 20.3. The lowest BCUT2D eigenvalue weighted by Gasteiger charge is -2.19. The van der Waals surface area contributed by atoms with Crippen LogP contribution in [0.2, 0.25) is 0 Å². The van der Waals surface area contributed by atoms with E-state index >= 15 is 0 Å². The molecule has 6 rings (SSSR count). The maximum Gasteiger partial charge on any atom is 0.260 e. The molecule has 0 aliphatic carbocycles. The smallest absolute Gasteiger partial charge is 0.260 e. The summed E-state index contributed by atoms with van der Waals surface area (Å²) < 4.78 is 19.7. The zero-order chi connectivity index (χ0) is 25.4. The Morgan fingerprint density at radius 1 is 0.784 bits per heavy atom. The molecule has 3 aromatic heterocycles. The Morgan fingerprint density at radius 3 is 2.16 bits per heavy atom. The van der Waals surface area contributed by atoms with Crippen molar-refractivity contribution >= 4 is 21.8 Å². The number of hydrogen-bond donors (Lipinski definition) is 0. The summed E-state index contributed by atoms with van der Waals surface area (Å²) in [5.74, 6) is 2.18. The van der Waals surface area contributed by atoms with E-state index in [2.05, 4.69) is 4.98 Å². The Morgan fingerprint density at radius 2 is 1.43 bits per heavy atom.